The van der Waals surface area contributed by atoms with Crippen molar-refractivity contribution >= 4 is 29.2 Å². The average molecular weight is 529 g/mol. The van der Waals surface area contributed by atoms with Gasteiger partial charge in [-0.25, -0.2) is 0 Å². The van der Waals surface area contributed by atoms with Crippen LogP contribution in [0.5, 0.6) is 0 Å². The summed E-state index contributed by atoms with van der Waals surface area (Å²) >= 11 is 0. The topological polar surface area (TPSA) is 110 Å². The van der Waals surface area contributed by atoms with Gasteiger partial charge in [-0.3, -0.25) is 19.2 Å². The number of nitrogens with one attached hydrogen (secondary N) is 1. The van der Waals surface area contributed by atoms with E-state index in [-0.39, 0.29) is 36.0 Å². The van der Waals surface area contributed by atoms with Crippen molar-refractivity contribution in [1.29, 1.82) is 0 Å². The minimum absolute atomic E-state index is 0.104. The molecule has 2 aliphatic heterocycles. The number of carbonyl (C=O) groups excluding carboxylic acids is 4. The highest BCUT2D eigenvalue weighted by molar-refractivity contribution is 6.01. The largest absolute Gasteiger partial charge is 0.383 e. The van der Waals surface area contributed by atoms with E-state index in [4.69, 9.17) is 0 Å². The third-order valence-electron chi connectivity index (χ3n) is 7.54. The lowest BCUT2D eigenvalue weighted by Gasteiger charge is -2.29. The van der Waals surface area contributed by atoms with E-state index >= 15 is 0 Å². The zero-order valence-electron chi connectivity index (χ0n) is 23.6. The summed E-state index contributed by atoms with van der Waals surface area (Å²) in [5.74, 6) is -1.02. The Morgan fingerprint density at radius 2 is 1.58 bits per heavy atom. The molecule has 210 valence electrons. The molecule has 0 spiro atoms. The smallest absolute Gasteiger partial charge is 0.252 e. The molecular weight excluding hydrogens is 484 g/mol. The molecule has 2 N–H and O–H groups in total. The maximum absolute atomic E-state index is 13.7. The molecule has 1 aromatic rings. The fraction of sp³-hybridized carbons (Fsp3) is 0.655. The van der Waals surface area contributed by atoms with Gasteiger partial charge in [0.05, 0.1) is 12.6 Å². The van der Waals surface area contributed by atoms with Gasteiger partial charge in [-0.15, -0.1) is 0 Å². The summed E-state index contributed by atoms with van der Waals surface area (Å²) in [6.07, 6.45) is 0.0617. The second-order valence-electron chi connectivity index (χ2n) is 11.3. The molecule has 38 heavy (non-hydrogen) atoms. The van der Waals surface area contributed by atoms with Crippen molar-refractivity contribution in [3.63, 3.8) is 0 Å². The van der Waals surface area contributed by atoms with Crippen molar-refractivity contribution in [2.45, 2.75) is 85.0 Å². The van der Waals surface area contributed by atoms with Crippen LogP contribution >= 0.6 is 0 Å². The van der Waals surface area contributed by atoms with Gasteiger partial charge in [0.25, 0.3) is 11.8 Å². The summed E-state index contributed by atoms with van der Waals surface area (Å²) < 4.78 is 0. The van der Waals surface area contributed by atoms with E-state index in [1.807, 2.05) is 39.8 Å². The molecule has 1 aromatic carbocycles. The summed E-state index contributed by atoms with van der Waals surface area (Å²) in [6.45, 7) is 13.9. The fourth-order valence-electron chi connectivity index (χ4n) is 5.64. The number of hydrogen-bond acceptors (Lipinski definition) is 6. The molecular formula is C29H44N4O5. The van der Waals surface area contributed by atoms with Gasteiger partial charge >= 0.3 is 0 Å². The number of hydrogen-bond donors (Lipinski definition) is 2. The highest BCUT2D eigenvalue weighted by Gasteiger charge is 2.52. The Morgan fingerprint density at radius 1 is 0.974 bits per heavy atom. The Kier molecular flexibility index (Phi) is 9.93. The Labute approximate surface area is 226 Å². The molecule has 4 atom stereocenters. The predicted octanol–water partition coefficient (Wildman–Crippen LogP) is 2.47. The zero-order valence-corrected chi connectivity index (χ0v) is 23.6. The maximum atomic E-state index is 13.7. The van der Waals surface area contributed by atoms with E-state index in [1.165, 1.54) is 9.80 Å². The molecule has 0 radical (unpaired) electrons. The first-order valence-corrected chi connectivity index (χ1v) is 14.0. The van der Waals surface area contributed by atoms with Crippen LogP contribution in [0.1, 0.15) is 71.2 Å². The summed E-state index contributed by atoms with van der Waals surface area (Å²) in [5, 5.41) is 13.3. The Bertz CT molecular complexity index is 1000. The summed E-state index contributed by atoms with van der Waals surface area (Å²) in [4.78, 5) is 57.9. The number of nitrogens with zero attached hydrogens (tertiary/aromatic N) is 3. The van der Waals surface area contributed by atoms with E-state index in [9.17, 15) is 24.3 Å². The third-order valence-corrected chi connectivity index (χ3v) is 7.54. The monoisotopic (exact) mass is 528 g/mol. The number of aliphatic hydroxyl groups excluding tert-OH is 1. The van der Waals surface area contributed by atoms with Gasteiger partial charge in [0.15, 0.2) is 5.78 Å². The molecule has 2 fully saturated rings. The van der Waals surface area contributed by atoms with Gasteiger partial charge in [-0.2, -0.15) is 0 Å². The second-order valence-corrected chi connectivity index (χ2v) is 11.3. The number of aliphatic hydroxyl groups is 1. The number of anilines is 1. The highest BCUT2D eigenvalue weighted by atomic mass is 16.3. The molecule has 0 saturated carbocycles. The van der Waals surface area contributed by atoms with E-state index < -0.39 is 30.1 Å². The molecule has 0 aliphatic carbocycles. The number of likely N-dealkylation sites (tertiary alicyclic amines) is 2. The van der Waals surface area contributed by atoms with Crippen molar-refractivity contribution in [2.75, 3.05) is 31.1 Å². The fourth-order valence-corrected chi connectivity index (χ4v) is 5.64. The second kappa shape index (κ2) is 12.7. The number of carbonyl (C=O) groups is 4. The van der Waals surface area contributed by atoms with E-state index in [0.29, 0.717) is 31.4 Å². The Morgan fingerprint density at radius 3 is 2.13 bits per heavy atom. The quantitative estimate of drug-likeness (QED) is 0.457. The lowest BCUT2D eigenvalue weighted by Crippen LogP contribution is -2.53. The van der Waals surface area contributed by atoms with Gasteiger partial charge in [0.2, 0.25) is 5.91 Å². The predicted molar refractivity (Wildman–Crippen MR) is 147 cm³/mol. The number of amides is 3. The molecule has 2 heterocycles. The average Bonchev–Trinajstić information content (AvgIpc) is 3.44. The van der Waals surface area contributed by atoms with Gasteiger partial charge in [-0.1, -0.05) is 27.7 Å². The number of Topliss-reactive ketones (excluding diaryl/α,β-unsaturated/α-hetero) is 1. The zero-order chi connectivity index (χ0) is 28.1. The molecule has 4 unspecified atom stereocenters. The van der Waals surface area contributed by atoms with Crippen molar-refractivity contribution < 1.29 is 24.3 Å². The molecule has 0 aromatic heterocycles. The Balaban J connectivity index is 1.73. The van der Waals surface area contributed by atoms with Crippen LogP contribution in [-0.2, 0) is 14.4 Å². The van der Waals surface area contributed by atoms with Crippen LogP contribution in [0, 0.1) is 11.8 Å². The SMILES string of the molecule is CCN(CC)c1ccc(C(=O)NC(CC(C)C)C(=O)N2CCC3C2C(=O)CN3C(=O)C(O)CC(C)C)cc1. The van der Waals surface area contributed by atoms with Gasteiger partial charge in [-0.05, 0) is 69.2 Å². The molecule has 9 heteroatoms. The standard InChI is InChI=1S/C29H44N4O5/c1-7-31(8-2)21-11-9-20(10-12-21)27(36)30-22(15-18(3)4)28(37)32-14-13-23-26(32)25(35)17-33(23)29(38)24(34)16-19(5)6/h9-12,18-19,22-24,26,34H,7-8,13-17H2,1-6H3,(H,30,36). The third kappa shape index (κ3) is 6.54. The highest BCUT2D eigenvalue weighted by Crippen LogP contribution is 2.31. The van der Waals surface area contributed by atoms with Crippen LogP contribution in [0.25, 0.3) is 0 Å². The van der Waals surface area contributed by atoms with Crippen molar-refractivity contribution in [3.8, 4) is 0 Å². The van der Waals surface area contributed by atoms with Crippen LogP contribution < -0.4 is 10.2 Å². The first-order chi connectivity index (χ1) is 18.0. The van der Waals surface area contributed by atoms with Crippen LogP contribution in [0.3, 0.4) is 0 Å². The first kappa shape index (κ1) is 29.6. The van der Waals surface area contributed by atoms with Crippen molar-refractivity contribution in [3.05, 3.63) is 29.8 Å². The van der Waals surface area contributed by atoms with Crippen LogP contribution in [0.15, 0.2) is 24.3 Å². The van der Waals surface area contributed by atoms with Crippen molar-refractivity contribution in [1.82, 2.24) is 15.1 Å². The summed E-state index contributed by atoms with van der Waals surface area (Å²) in [6, 6.07) is 5.37. The summed E-state index contributed by atoms with van der Waals surface area (Å²) in [5.41, 5.74) is 1.50. The molecule has 3 amide bonds. The number of fused-ring (bicyclic) bond motifs is 1. The minimum Gasteiger partial charge on any atom is -0.383 e. The van der Waals surface area contributed by atoms with Gasteiger partial charge in [0, 0.05) is 30.9 Å². The van der Waals surface area contributed by atoms with Gasteiger partial charge < -0.3 is 25.1 Å². The number of benzene rings is 1. The molecule has 3 rings (SSSR count). The number of ketones is 1. The van der Waals surface area contributed by atoms with Crippen LogP contribution in [0.2, 0.25) is 0 Å². The van der Waals surface area contributed by atoms with Crippen LogP contribution in [0.4, 0.5) is 5.69 Å². The summed E-state index contributed by atoms with van der Waals surface area (Å²) in [7, 11) is 0. The number of rotatable bonds is 11. The molecule has 2 aliphatic rings. The lowest BCUT2D eigenvalue weighted by atomic mass is 10.0. The molecule has 9 nitrogen and oxygen atoms in total. The minimum atomic E-state index is -1.16. The van der Waals surface area contributed by atoms with E-state index in [2.05, 4.69) is 24.1 Å². The van der Waals surface area contributed by atoms with E-state index in [1.54, 1.807) is 12.1 Å². The normalized spacial score (nSPS) is 20.6. The van der Waals surface area contributed by atoms with Crippen LogP contribution in [-0.4, -0.2) is 88.8 Å². The molecule has 2 saturated heterocycles. The van der Waals surface area contributed by atoms with E-state index in [0.717, 1.165) is 18.8 Å². The Hall–Kier alpha value is -2.94. The lowest BCUT2D eigenvalue weighted by molar-refractivity contribution is -0.142. The molecule has 0 bridgehead atoms. The van der Waals surface area contributed by atoms with Gasteiger partial charge in [0.1, 0.15) is 18.2 Å². The maximum Gasteiger partial charge on any atom is 0.252 e. The van der Waals surface area contributed by atoms with Crippen molar-refractivity contribution in [2.24, 2.45) is 11.8 Å². The first-order valence-electron chi connectivity index (χ1n) is 14.0.